The van der Waals surface area contributed by atoms with Crippen molar-refractivity contribution in [1.29, 1.82) is 0 Å². The fourth-order valence-corrected chi connectivity index (χ4v) is 7.27. The maximum atomic E-state index is 13.3. The maximum Gasteiger partial charge on any atom is 0.264 e. The summed E-state index contributed by atoms with van der Waals surface area (Å²) >= 11 is 6.27. The SMILES string of the molecule is O=C(CN(c1ccccc1Cl)S(=O)(=O)c1ccccc1)NCCOc1ccc(S(=O)(=O)N2CCCC2)cc1. The number of rotatable bonds is 11. The number of sulfonamides is 2. The topological polar surface area (TPSA) is 113 Å². The summed E-state index contributed by atoms with van der Waals surface area (Å²) < 4.78 is 60.0. The Bertz CT molecular complexity index is 1460. The molecule has 202 valence electrons. The second-order valence-electron chi connectivity index (χ2n) is 8.56. The van der Waals surface area contributed by atoms with Gasteiger partial charge < -0.3 is 10.1 Å². The van der Waals surface area contributed by atoms with E-state index in [1.165, 1.54) is 34.6 Å². The van der Waals surface area contributed by atoms with Gasteiger partial charge >= 0.3 is 0 Å². The van der Waals surface area contributed by atoms with Crippen LogP contribution in [0.25, 0.3) is 0 Å². The molecule has 1 N–H and O–H groups in total. The van der Waals surface area contributed by atoms with Crippen molar-refractivity contribution in [3.8, 4) is 5.75 Å². The minimum Gasteiger partial charge on any atom is -0.492 e. The van der Waals surface area contributed by atoms with Crippen LogP contribution in [0.1, 0.15) is 12.8 Å². The van der Waals surface area contributed by atoms with Crippen LogP contribution in [0.4, 0.5) is 5.69 Å². The van der Waals surface area contributed by atoms with Gasteiger partial charge in [0.25, 0.3) is 10.0 Å². The highest BCUT2D eigenvalue weighted by molar-refractivity contribution is 7.93. The molecular formula is C26H28ClN3O6S2. The van der Waals surface area contributed by atoms with E-state index in [4.69, 9.17) is 16.3 Å². The number of anilines is 1. The molecule has 0 unspecified atom stereocenters. The molecule has 4 rings (SSSR count). The van der Waals surface area contributed by atoms with Gasteiger partial charge in [0.15, 0.2) is 0 Å². The van der Waals surface area contributed by atoms with Crippen molar-refractivity contribution in [2.75, 3.05) is 37.1 Å². The van der Waals surface area contributed by atoms with E-state index in [2.05, 4.69) is 5.32 Å². The molecule has 1 amide bonds. The minimum atomic E-state index is -4.06. The van der Waals surface area contributed by atoms with Gasteiger partial charge in [-0.15, -0.1) is 0 Å². The molecule has 1 heterocycles. The van der Waals surface area contributed by atoms with Crippen LogP contribution in [0.2, 0.25) is 5.02 Å². The lowest BCUT2D eigenvalue weighted by molar-refractivity contribution is -0.119. The molecular weight excluding hydrogens is 550 g/mol. The lowest BCUT2D eigenvalue weighted by Gasteiger charge is -2.25. The van der Waals surface area contributed by atoms with Crippen LogP contribution in [0, 0.1) is 0 Å². The minimum absolute atomic E-state index is 0.0336. The standard InChI is InChI=1S/C26H28ClN3O6S2/c27-24-10-4-5-11-25(24)30(38(34,35)22-8-2-1-3-9-22)20-26(31)28-16-19-36-21-12-14-23(15-13-21)37(32,33)29-17-6-7-18-29/h1-5,8-15H,6-7,16-20H2,(H,28,31). The number of nitrogens with zero attached hydrogens (tertiary/aromatic N) is 2. The van der Waals surface area contributed by atoms with Crippen LogP contribution in [0.3, 0.4) is 0 Å². The van der Waals surface area contributed by atoms with Crippen LogP contribution >= 0.6 is 11.6 Å². The molecule has 0 atom stereocenters. The van der Waals surface area contributed by atoms with Crippen LogP contribution in [0.5, 0.6) is 5.75 Å². The first kappa shape index (κ1) is 27.9. The molecule has 1 saturated heterocycles. The molecule has 38 heavy (non-hydrogen) atoms. The number of benzene rings is 3. The van der Waals surface area contributed by atoms with Gasteiger partial charge in [0.05, 0.1) is 27.0 Å². The average Bonchev–Trinajstić information content (AvgIpc) is 3.47. The number of hydrogen-bond donors (Lipinski definition) is 1. The third-order valence-electron chi connectivity index (χ3n) is 5.96. The predicted molar refractivity (Wildman–Crippen MR) is 145 cm³/mol. The zero-order valence-corrected chi connectivity index (χ0v) is 22.9. The molecule has 0 aromatic heterocycles. The highest BCUT2D eigenvalue weighted by atomic mass is 35.5. The van der Waals surface area contributed by atoms with E-state index in [9.17, 15) is 21.6 Å². The zero-order chi connectivity index (χ0) is 27.2. The first-order valence-corrected chi connectivity index (χ1v) is 15.3. The van der Waals surface area contributed by atoms with E-state index >= 15 is 0 Å². The molecule has 1 aliphatic rings. The van der Waals surface area contributed by atoms with Gasteiger partial charge in [-0.2, -0.15) is 4.31 Å². The van der Waals surface area contributed by atoms with Gasteiger partial charge in [-0.25, -0.2) is 16.8 Å². The molecule has 3 aromatic rings. The smallest absolute Gasteiger partial charge is 0.264 e. The van der Waals surface area contributed by atoms with Crippen molar-refractivity contribution < 1.29 is 26.4 Å². The van der Waals surface area contributed by atoms with Crippen LogP contribution in [-0.4, -0.2) is 59.8 Å². The van der Waals surface area contributed by atoms with E-state index in [0.717, 1.165) is 17.1 Å². The van der Waals surface area contributed by atoms with Gasteiger partial charge in [0.2, 0.25) is 15.9 Å². The largest absolute Gasteiger partial charge is 0.492 e. The summed E-state index contributed by atoms with van der Waals surface area (Å²) in [6.45, 7) is 0.779. The number of amides is 1. The van der Waals surface area contributed by atoms with Crippen molar-refractivity contribution in [2.24, 2.45) is 0 Å². The van der Waals surface area contributed by atoms with Crippen molar-refractivity contribution in [1.82, 2.24) is 9.62 Å². The summed E-state index contributed by atoms with van der Waals surface area (Å²) in [5.74, 6) is -0.0935. The van der Waals surface area contributed by atoms with Gasteiger partial charge in [0, 0.05) is 13.1 Å². The van der Waals surface area contributed by atoms with Crippen LogP contribution < -0.4 is 14.4 Å². The summed E-state index contributed by atoms with van der Waals surface area (Å²) in [4.78, 5) is 13.0. The second kappa shape index (κ2) is 12.2. The highest BCUT2D eigenvalue weighted by Crippen LogP contribution is 2.30. The number of halogens is 1. The number of para-hydroxylation sites is 1. The van der Waals surface area contributed by atoms with Crippen molar-refractivity contribution in [2.45, 2.75) is 22.6 Å². The summed E-state index contributed by atoms with van der Waals surface area (Å²) in [6.07, 6.45) is 1.72. The first-order valence-electron chi connectivity index (χ1n) is 12.0. The molecule has 1 fully saturated rings. The third kappa shape index (κ3) is 6.47. The average molecular weight is 578 g/mol. The monoisotopic (exact) mass is 577 g/mol. The molecule has 0 aliphatic carbocycles. The number of carbonyl (C=O) groups excluding carboxylic acids is 1. The Labute approximate surface area is 228 Å². The van der Waals surface area contributed by atoms with E-state index in [-0.39, 0.29) is 33.7 Å². The van der Waals surface area contributed by atoms with E-state index in [1.807, 2.05) is 0 Å². The Morgan fingerprint density at radius 1 is 0.868 bits per heavy atom. The lowest BCUT2D eigenvalue weighted by atomic mass is 10.3. The quantitative estimate of drug-likeness (QED) is 0.349. The fourth-order valence-electron chi connectivity index (χ4n) is 4.00. The van der Waals surface area contributed by atoms with Crippen molar-refractivity contribution in [3.05, 3.63) is 83.9 Å². The predicted octanol–water partition coefficient (Wildman–Crippen LogP) is 3.52. The Kier molecular flexibility index (Phi) is 8.93. The summed E-state index contributed by atoms with van der Waals surface area (Å²) in [5.41, 5.74) is 0.188. The Morgan fingerprint density at radius 2 is 1.50 bits per heavy atom. The lowest BCUT2D eigenvalue weighted by Crippen LogP contribution is -2.42. The van der Waals surface area contributed by atoms with Gasteiger partial charge in [-0.05, 0) is 61.4 Å². The van der Waals surface area contributed by atoms with Gasteiger partial charge in [-0.3, -0.25) is 9.10 Å². The van der Waals surface area contributed by atoms with Crippen molar-refractivity contribution >= 4 is 43.2 Å². The second-order valence-corrected chi connectivity index (χ2v) is 12.8. The van der Waals surface area contributed by atoms with E-state index in [0.29, 0.717) is 18.8 Å². The summed E-state index contributed by atoms with van der Waals surface area (Å²) in [7, 11) is -7.57. The van der Waals surface area contributed by atoms with Crippen LogP contribution in [-0.2, 0) is 24.8 Å². The summed E-state index contributed by atoms with van der Waals surface area (Å²) in [6, 6.07) is 20.3. The zero-order valence-electron chi connectivity index (χ0n) is 20.5. The molecule has 0 spiro atoms. The summed E-state index contributed by atoms with van der Waals surface area (Å²) in [5, 5.41) is 2.85. The van der Waals surface area contributed by atoms with Gasteiger partial charge in [0.1, 0.15) is 18.9 Å². The van der Waals surface area contributed by atoms with Gasteiger partial charge in [-0.1, -0.05) is 41.9 Å². The molecule has 1 aliphatic heterocycles. The number of nitrogens with one attached hydrogen (secondary N) is 1. The number of carbonyl (C=O) groups is 1. The third-order valence-corrected chi connectivity index (χ3v) is 9.97. The first-order chi connectivity index (χ1) is 18.2. The normalized spacial score (nSPS) is 14.2. The Balaban J connectivity index is 1.35. The highest BCUT2D eigenvalue weighted by Gasteiger charge is 2.29. The Morgan fingerprint density at radius 3 is 2.16 bits per heavy atom. The number of ether oxygens (including phenoxy) is 1. The maximum absolute atomic E-state index is 13.3. The van der Waals surface area contributed by atoms with Crippen LogP contribution in [0.15, 0.2) is 88.7 Å². The molecule has 0 saturated carbocycles. The molecule has 0 bridgehead atoms. The molecule has 12 heteroatoms. The van der Waals surface area contributed by atoms with E-state index < -0.39 is 32.5 Å². The van der Waals surface area contributed by atoms with E-state index in [1.54, 1.807) is 48.5 Å². The molecule has 3 aromatic carbocycles. The number of hydrogen-bond acceptors (Lipinski definition) is 6. The molecule has 9 nitrogen and oxygen atoms in total. The Hall–Kier alpha value is -3.12. The fraction of sp³-hybridized carbons (Fsp3) is 0.269. The molecule has 0 radical (unpaired) electrons. The van der Waals surface area contributed by atoms with Crippen molar-refractivity contribution in [3.63, 3.8) is 0 Å².